The zero-order valence-electron chi connectivity index (χ0n) is 7.72. The number of nitrogens with one attached hydrogen (secondary N) is 2. The van der Waals surface area contributed by atoms with E-state index in [2.05, 4.69) is 34.8 Å². The molecule has 13 heavy (non-hydrogen) atoms. The Kier molecular flexibility index (Phi) is 2.29. The van der Waals surface area contributed by atoms with Crippen LogP contribution < -0.4 is 4.72 Å². The van der Waals surface area contributed by atoms with Crippen LogP contribution in [0.1, 0.15) is 5.56 Å². The fourth-order valence-corrected chi connectivity index (χ4v) is 1.97. The number of rotatable bonds is 2. The smallest absolute Gasteiger partial charge is 0.0457 e. The molecule has 2 aromatic rings. The molecular formula is C10H12N2S. The van der Waals surface area contributed by atoms with Gasteiger partial charge in [-0.15, -0.1) is 0 Å². The van der Waals surface area contributed by atoms with Crippen LogP contribution in [0.3, 0.4) is 0 Å². The quantitative estimate of drug-likeness (QED) is 0.716. The molecule has 0 radical (unpaired) electrons. The normalized spacial score (nSPS) is 10.9. The molecule has 2 rings (SSSR count). The zero-order valence-corrected chi connectivity index (χ0v) is 8.53. The van der Waals surface area contributed by atoms with Crippen LogP contribution in [0.2, 0.25) is 0 Å². The largest absolute Gasteiger partial charge is 0.361 e. The average molecular weight is 192 g/mol. The first-order valence-electron chi connectivity index (χ1n) is 4.22. The van der Waals surface area contributed by atoms with Gasteiger partial charge in [-0.2, -0.15) is 0 Å². The molecule has 1 heterocycles. The number of aryl methyl sites for hydroxylation is 1. The zero-order chi connectivity index (χ0) is 9.26. The Balaban J connectivity index is 2.53. The molecule has 1 aromatic heterocycles. The third-order valence-electron chi connectivity index (χ3n) is 2.08. The Morgan fingerprint density at radius 3 is 3.00 bits per heavy atom. The molecule has 1 aromatic carbocycles. The number of hydrogen-bond donors (Lipinski definition) is 2. The van der Waals surface area contributed by atoms with Gasteiger partial charge in [0.05, 0.1) is 0 Å². The number of H-pyrrole nitrogens is 1. The van der Waals surface area contributed by atoms with Crippen LogP contribution in [0.25, 0.3) is 10.9 Å². The van der Waals surface area contributed by atoms with E-state index in [1.165, 1.54) is 21.4 Å². The Hall–Kier alpha value is -0.930. The number of hydrogen-bond acceptors (Lipinski definition) is 2. The number of benzene rings is 1. The van der Waals surface area contributed by atoms with Gasteiger partial charge in [-0.3, -0.25) is 4.72 Å². The summed E-state index contributed by atoms with van der Waals surface area (Å²) in [4.78, 5) is 4.48. The van der Waals surface area contributed by atoms with E-state index in [-0.39, 0.29) is 0 Å². The van der Waals surface area contributed by atoms with Gasteiger partial charge in [0, 0.05) is 22.0 Å². The first kappa shape index (κ1) is 8.66. The van der Waals surface area contributed by atoms with Crippen LogP contribution >= 0.6 is 11.9 Å². The van der Waals surface area contributed by atoms with E-state index in [1.54, 1.807) is 11.9 Å². The fraction of sp³-hybridized carbons (Fsp3) is 0.200. The Labute approximate surface area is 81.9 Å². The second-order valence-corrected chi connectivity index (χ2v) is 4.07. The van der Waals surface area contributed by atoms with Crippen molar-refractivity contribution in [3.05, 3.63) is 30.0 Å². The van der Waals surface area contributed by atoms with E-state index in [1.807, 2.05) is 13.2 Å². The van der Waals surface area contributed by atoms with E-state index >= 15 is 0 Å². The van der Waals surface area contributed by atoms with Crippen molar-refractivity contribution < 1.29 is 0 Å². The summed E-state index contributed by atoms with van der Waals surface area (Å²) >= 11 is 1.64. The van der Waals surface area contributed by atoms with Crippen LogP contribution in [0.5, 0.6) is 0 Å². The molecule has 0 unspecified atom stereocenters. The highest BCUT2D eigenvalue weighted by Gasteiger charge is 2.00. The lowest BCUT2D eigenvalue weighted by Gasteiger charge is -1.99. The third kappa shape index (κ3) is 1.57. The van der Waals surface area contributed by atoms with Gasteiger partial charge >= 0.3 is 0 Å². The monoisotopic (exact) mass is 192 g/mol. The lowest BCUT2D eigenvalue weighted by Crippen LogP contribution is -1.89. The minimum Gasteiger partial charge on any atom is -0.361 e. The molecule has 0 aliphatic heterocycles. The molecule has 0 saturated carbocycles. The fourth-order valence-electron chi connectivity index (χ4n) is 1.42. The Morgan fingerprint density at radius 1 is 1.38 bits per heavy atom. The first-order valence-corrected chi connectivity index (χ1v) is 5.04. The van der Waals surface area contributed by atoms with Crippen molar-refractivity contribution >= 4 is 22.9 Å². The van der Waals surface area contributed by atoms with E-state index in [0.29, 0.717) is 0 Å². The predicted octanol–water partition coefficient (Wildman–Crippen LogP) is 2.70. The van der Waals surface area contributed by atoms with Crippen LogP contribution in [-0.2, 0) is 0 Å². The molecule has 0 aliphatic carbocycles. The highest BCUT2D eigenvalue weighted by Crippen LogP contribution is 2.23. The van der Waals surface area contributed by atoms with Crippen LogP contribution in [0, 0.1) is 6.92 Å². The SMILES string of the molecule is CNSc1ccc2[nH]cc(C)c2c1. The van der Waals surface area contributed by atoms with Crippen molar-refractivity contribution in [3.63, 3.8) is 0 Å². The van der Waals surface area contributed by atoms with Gasteiger partial charge in [0.25, 0.3) is 0 Å². The van der Waals surface area contributed by atoms with Gasteiger partial charge in [-0.25, -0.2) is 0 Å². The standard InChI is InChI=1S/C10H12N2S/c1-7-6-12-10-4-3-8(13-11-2)5-9(7)10/h3-6,11-12H,1-2H3. The van der Waals surface area contributed by atoms with Crippen molar-refractivity contribution in [3.8, 4) is 0 Å². The molecule has 2 nitrogen and oxygen atoms in total. The summed E-state index contributed by atoms with van der Waals surface area (Å²) in [5.41, 5.74) is 2.51. The van der Waals surface area contributed by atoms with Crippen molar-refractivity contribution in [1.82, 2.24) is 9.71 Å². The van der Waals surface area contributed by atoms with Crippen molar-refractivity contribution in [2.45, 2.75) is 11.8 Å². The van der Waals surface area contributed by atoms with Gasteiger partial charge in [0.15, 0.2) is 0 Å². The molecule has 0 saturated heterocycles. The van der Waals surface area contributed by atoms with Gasteiger partial charge in [0.1, 0.15) is 0 Å². The maximum Gasteiger partial charge on any atom is 0.0457 e. The topological polar surface area (TPSA) is 27.8 Å². The molecule has 0 atom stereocenters. The first-order chi connectivity index (χ1) is 6.31. The van der Waals surface area contributed by atoms with Gasteiger partial charge in [-0.1, -0.05) is 0 Å². The summed E-state index contributed by atoms with van der Waals surface area (Å²) in [6.45, 7) is 2.12. The lowest BCUT2D eigenvalue weighted by atomic mass is 10.2. The predicted molar refractivity (Wildman–Crippen MR) is 58.0 cm³/mol. The van der Waals surface area contributed by atoms with E-state index in [9.17, 15) is 0 Å². The van der Waals surface area contributed by atoms with Crippen molar-refractivity contribution in [1.29, 1.82) is 0 Å². The van der Waals surface area contributed by atoms with Crippen molar-refractivity contribution in [2.75, 3.05) is 7.05 Å². The minimum atomic E-state index is 1.21. The summed E-state index contributed by atoms with van der Waals surface area (Å²) < 4.78 is 3.07. The summed E-state index contributed by atoms with van der Waals surface area (Å²) in [5, 5.41) is 1.31. The number of fused-ring (bicyclic) bond motifs is 1. The molecule has 0 bridgehead atoms. The maximum atomic E-state index is 3.23. The van der Waals surface area contributed by atoms with Crippen LogP contribution in [0.4, 0.5) is 0 Å². The molecule has 0 spiro atoms. The van der Waals surface area contributed by atoms with E-state index < -0.39 is 0 Å². The molecule has 0 amide bonds. The summed E-state index contributed by atoms with van der Waals surface area (Å²) in [6, 6.07) is 6.42. The van der Waals surface area contributed by atoms with Crippen LogP contribution in [0.15, 0.2) is 29.3 Å². The second kappa shape index (κ2) is 3.44. The molecule has 0 aliphatic rings. The molecule has 3 heteroatoms. The van der Waals surface area contributed by atoms with E-state index in [4.69, 9.17) is 0 Å². The molecular weight excluding hydrogens is 180 g/mol. The van der Waals surface area contributed by atoms with Gasteiger partial charge < -0.3 is 4.98 Å². The van der Waals surface area contributed by atoms with Crippen molar-refractivity contribution in [2.24, 2.45) is 0 Å². The van der Waals surface area contributed by atoms with Gasteiger partial charge in [-0.05, 0) is 49.7 Å². The minimum absolute atomic E-state index is 1.21. The Morgan fingerprint density at radius 2 is 2.23 bits per heavy atom. The lowest BCUT2D eigenvalue weighted by molar-refractivity contribution is 1.28. The molecule has 68 valence electrons. The maximum absolute atomic E-state index is 3.23. The molecule has 2 N–H and O–H groups in total. The van der Waals surface area contributed by atoms with E-state index in [0.717, 1.165) is 0 Å². The summed E-state index contributed by atoms with van der Waals surface area (Å²) in [5.74, 6) is 0. The highest BCUT2D eigenvalue weighted by atomic mass is 32.2. The second-order valence-electron chi connectivity index (χ2n) is 2.99. The Bertz CT molecular complexity index is 420. The summed E-state index contributed by atoms with van der Waals surface area (Å²) in [7, 11) is 1.93. The number of aromatic amines is 1. The number of aromatic nitrogens is 1. The van der Waals surface area contributed by atoms with Gasteiger partial charge in [0.2, 0.25) is 0 Å². The average Bonchev–Trinajstić information content (AvgIpc) is 2.49. The highest BCUT2D eigenvalue weighted by molar-refractivity contribution is 7.97. The van der Waals surface area contributed by atoms with Crippen LogP contribution in [-0.4, -0.2) is 12.0 Å². The third-order valence-corrected chi connectivity index (χ3v) is 2.77. The molecule has 0 fully saturated rings. The summed E-state index contributed by atoms with van der Waals surface area (Å²) in [6.07, 6.45) is 2.04.